The lowest BCUT2D eigenvalue weighted by atomic mass is 9.71. The van der Waals surface area contributed by atoms with Gasteiger partial charge in [-0.2, -0.15) is 0 Å². The van der Waals surface area contributed by atoms with Crippen molar-refractivity contribution < 1.29 is 0 Å². The maximum Gasteiger partial charge on any atom is -0.00258 e. The minimum Gasteiger partial charge on any atom is -0.316 e. The van der Waals surface area contributed by atoms with Gasteiger partial charge in [0.15, 0.2) is 0 Å². The van der Waals surface area contributed by atoms with Gasteiger partial charge in [-0.3, -0.25) is 0 Å². The summed E-state index contributed by atoms with van der Waals surface area (Å²) in [5.74, 6) is 1.56. The summed E-state index contributed by atoms with van der Waals surface area (Å²) in [5.41, 5.74) is 3.47. The third-order valence-corrected chi connectivity index (χ3v) is 4.71. The minimum atomic E-state index is 0.274. The summed E-state index contributed by atoms with van der Waals surface area (Å²) in [5, 5.41) is 3.59. The lowest BCUT2D eigenvalue weighted by molar-refractivity contribution is 0.396. The van der Waals surface area contributed by atoms with Crippen molar-refractivity contribution in [3.8, 4) is 0 Å². The Balaban J connectivity index is 2.01. The fourth-order valence-corrected chi connectivity index (χ4v) is 3.11. The minimum absolute atomic E-state index is 0.274. The lowest BCUT2D eigenvalue weighted by Crippen LogP contribution is -2.29. The first-order valence-electron chi connectivity index (χ1n) is 8.31. The third kappa shape index (κ3) is 3.85. The molecule has 112 valence electrons. The Morgan fingerprint density at radius 3 is 2.50 bits per heavy atom. The molecule has 1 aromatic rings. The molecule has 0 heterocycles. The van der Waals surface area contributed by atoms with Crippen LogP contribution in [0.1, 0.15) is 70.4 Å². The van der Waals surface area contributed by atoms with E-state index in [9.17, 15) is 0 Å². The topological polar surface area (TPSA) is 12.0 Å². The van der Waals surface area contributed by atoms with E-state index < -0.39 is 0 Å². The van der Waals surface area contributed by atoms with Gasteiger partial charge < -0.3 is 5.32 Å². The van der Waals surface area contributed by atoms with Crippen LogP contribution in [0, 0.1) is 5.92 Å². The van der Waals surface area contributed by atoms with Gasteiger partial charge in [0.2, 0.25) is 0 Å². The van der Waals surface area contributed by atoms with E-state index in [4.69, 9.17) is 0 Å². The second-order valence-electron chi connectivity index (χ2n) is 7.45. The number of rotatable bonds is 7. The number of hydrogen-bond acceptors (Lipinski definition) is 1. The fourth-order valence-electron chi connectivity index (χ4n) is 3.11. The van der Waals surface area contributed by atoms with Gasteiger partial charge >= 0.3 is 0 Å². The first kappa shape index (κ1) is 15.6. The highest BCUT2D eigenvalue weighted by Crippen LogP contribution is 2.41. The van der Waals surface area contributed by atoms with Gasteiger partial charge in [0.1, 0.15) is 0 Å². The Morgan fingerprint density at radius 1 is 1.20 bits per heavy atom. The summed E-state index contributed by atoms with van der Waals surface area (Å²) in [6.07, 6.45) is 5.40. The van der Waals surface area contributed by atoms with Gasteiger partial charge in [0, 0.05) is 0 Å². The van der Waals surface area contributed by atoms with Gasteiger partial charge in [0.05, 0.1) is 0 Å². The van der Waals surface area contributed by atoms with Crippen molar-refractivity contribution in [1.82, 2.24) is 5.32 Å². The summed E-state index contributed by atoms with van der Waals surface area (Å²) in [4.78, 5) is 0. The Kier molecular flexibility index (Phi) is 5.26. The van der Waals surface area contributed by atoms with Crippen LogP contribution in [0.5, 0.6) is 0 Å². The molecule has 0 spiro atoms. The van der Waals surface area contributed by atoms with Crippen LogP contribution in [0.3, 0.4) is 0 Å². The van der Waals surface area contributed by atoms with Crippen molar-refractivity contribution in [3.63, 3.8) is 0 Å². The van der Waals surface area contributed by atoms with Crippen molar-refractivity contribution in [2.75, 3.05) is 13.1 Å². The predicted octanol–water partition coefficient (Wildman–Crippen LogP) is 4.87. The van der Waals surface area contributed by atoms with E-state index in [-0.39, 0.29) is 5.41 Å². The highest BCUT2D eigenvalue weighted by molar-refractivity contribution is 5.37. The molecular formula is C19H31N. The molecule has 0 radical (unpaired) electrons. The molecule has 0 atom stereocenters. The van der Waals surface area contributed by atoms with Gasteiger partial charge in [-0.25, -0.2) is 0 Å². The molecule has 0 bridgehead atoms. The monoisotopic (exact) mass is 273 g/mol. The molecule has 1 aliphatic carbocycles. The molecule has 1 saturated carbocycles. The summed E-state index contributed by atoms with van der Waals surface area (Å²) in [6.45, 7) is 11.6. The zero-order valence-corrected chi connectivity index (χ0v) is 13.7. The molecule has 20 heavy (non-hydrogen) atoms. The van der Waals surface area contributed by atoms with Crippen LogP contribution in [-0.4, -0.2) is 13.1 Å². The maximum absolute atomic E-state index is 3.59. The summed E-state index contributed by atoms with van der Waals surface area (Å²) >= 11 is 0. The maximum atomic E-state index is 3.59. The van der Waals surface area contributed by atoms with Crippen LogP contribution >= 0.6 is 0 Å². The van der Waals surface area contributed by atoms with Crippen LogP contribution in [0.25, 0.3) is 0 Å². The highest BCUT2D eigenvalue weighted by atomic mass is 14.9. The summed E-state index contributed by atoms with van der Waals surface area (Å²) < 4.78 is 0. The van der Waals surface area contributed by atoms with Gasteiger partial charge in [-0.05, 0) is 60.7 Å². The zero-order chi connectivity index (χ0) is 14.6. The number of nitrogens with one attached hydrogen (secondary N) is 1. The molecule has 0 aliphatic heterocycles. The van der Waals surface area contributed by atoms with Gasteiger partial charge in [0.25, 0.3) is 0 Å². The van der Waals surface area contributed by atoms with Crippen LogP contribution in [0.15, 0.2) is 24.3 Å². The molecule has 0 unspecified atom stereocenters. The van der Waals surface area contributed by atoms with Gasteiger partial charge in [-0.1, -0.05) is 58.4 Å². The normalized spacial score (nSPS) is 16.4. The standard InChI is InChI=1S/C19H31N/c1-15(2)14-20-13-12-19(3,4)18-11-6-5-10-17(18)16-8-7-9-16/h5-6,10-11,15-16,20H,7-9,12-14H2,1-4H3. The fraction of sp³-hybridized carbons (Fsp3) is 0.684. The van der Waals surface area contributed by atoms with Crippen LogP contribution in [0.2, 0.25) is 0 Å². The number of hydrogen-bond donors (Lipinski definition) is 1. The lowest BCUT2D eigenvalue weighted by Gasteiger charge is -2.34. The van der Waals surface area contributed by atoms with E-state index in [1.807, 2.05) is 0 Å². The van der Waals surface area contributed by atoms with Gasteiger partial charge in [-0.15, -0.1) is 0 Å². The van der Waals surface area contributed by atoms with E-state index >= 15 is 0 Å². The Morgan fingerprint density at radius 2 is 1.90 bits per heavy atom. The van der Waals surface area contributed by atoms with E-state index in [2.05, 4.69) is 57.3 Å². The summed E-state index contributed by atoms with van der Waals surface area (Å²) in [6, 6.07) is 9.14. The summed E-state index contributed by atoms with van der Waals surface area (Å²) in [7, 11) is 0. The van der Waals surface area contributed by atoms with Crippen molar-refractivity contribution >= 4 is 0 Å². The van der Waals surface area contributed by atoms with E-state index in [0.717, 1.165) is 24.9 Å². The third-order valence-electron chi connectivity index (χ3n) is 4.71. The van der Waals surface area contributed by atoms with Crippen LogP contribution in [-0.2, 0) is 5.41 Å². The zero-order valence-electron chi connectivity index (χ0n) is 13.7. The van der Waals surface area contributed by atoms with Crippen molar-refractivity contribution in [2.24, 2.45) is 5.92 Å². The largest absolute Gasteiger partial charge is 0.316 e. The number of benzene rings is 1. The first-order chi connectivity index (χ1) is 9.50. The molecule has 1 N–H and O–H groups in total. The first-order valence-corrected chi connectivity index (χ1v) is 8.31. The van der Waals surface area contributed by atoms with E-state index in [0.29, 0.717) is 0 Å². The molecule has 0 amide bonds. The SMILES string of the molecule is CC(C)CNCCC(C)(C)c1ccccc1C1CCC1. The average Bonchev–Trinajstić information content (AvgIpc) is 2.33. The molecule has 1 nitrogen and oxygen atoms in total. The molecule has 1 aliphatic rings. The molecule has 0 saturated heterocycles. The second-order valence-corrected chi connectivity index (χ2v) is 7.45. The predicted molar refractivity (Wildman–Crippen MR) is 88.4 cm³/mol. The second kappa shape index (κ2) is 6.76. The highest BCUT2D eigenvalue weighted by Gasteiger charge is 2.28. The van der Waals surface area contributed by atoms with Crippen molar-refractivity contribution in [3.05, 3.63) is 35.4 Å². The quantitative estimate of drug-likeness (QED) is 0.699. The Hall–Kier alpha value is -0.820. The molecule has 1 fully saturated rings. The van der Waals surface area contributed by atoms with Crippen molar-refractivity contribution in [1.29, 1.82) is 0 Å². The average molecular weight is 273 g/mol. The molecular weight excluding hydrogens is 242 g/mol. The van der Waals surface area contributed by atoms with Crippen LogP contribution < -0.4 is 5.32 Å². The Bertz CT molecular complexity index is 416. The van der Waals surface area contributed by atoms with Crippen molar-refractivity contribution in [2.45, 2.75) is 64.7 Å². The molecule has 1 heteroatoms. The van der Waals surface area contributed by atoms with E-state index in [1.54, 1.807) is 11.1 Å². The molecule has 2 rings (SSSR count). The Labute approximate surface area is 125 Å². The van der Waals surface area contributed by atoms with E-state index in [1.165, 1.54) is 25.7 Å². The molecule has 0 aromatic heterocycles. The smallest absolute Gasteiger partial charge is 0.00258 e. The van der Waals surface area contributed by atoms with Crippen LogP contribution in [0.4, 0.5) is 0 Å². The molecule has 1 aromatic carbocycles.